The van der Waals surface area contributed by atoms with E-state index in [-0.39, 0.29) is 0 Å². The Hall–Kier alpha value is -2.12. The van der Waals surface area contributed by atoms with Crippen LogP contribution in [-0.4, -0.2) is 69.2 Å². The summed E-state index contributed by atoms with van der Waals surface area (Å²) in [5.74, 6) is -1.23. The molecule has 0 saturated carbocycles. The number of hydrogen-bond acceptors (Lipinski definition) is 5. The predicted molar refractivity (Wildman–Crippen MR) is 96.8 cm³/mol. The highest BCUT2D eigenvalue weighted by molar-refractivity contribution is 6.39. The summed E-state index contributed by atoms with van der Waals surface area (Å²) >= 11 is 0. The molecule has 0 unspecified atom stereocenters. The number of carbonyl (C=O) groups is 2. The number of amides is 2. The largest absolute Gasteiger partial charge is 0.379 e. The normalized spacial score (nSPS) is 18.2. The number of nitrogens with one attached hydrogen (secondary N) is 2. The van der Waals surface area contributed by atoms with Crippen LogP contribution in [0.2, 0.25) is 0 Å². The Bertz CT molecular complexity index is 578. The van der Waals surface area contributed by atoms with Crippen LogP contribution in [-0.2, 0) is 14.3 Å². The number of anilines is 2. The Morgan fingerprint density at radius 1 is 0.960 bits per heavy atom. The average Bonchev–Trinajstić information content (AvgIpc) is 3.18. The summed E-state index contributed by atoms with van der Waals surface area (Å²) in [5, 5.41) is 5.31. The molecule has 136 valence electrons. The van der Waals surface area contributed by atoms with Crippen molar-refractivity contribution in [3.63, 3.8) is 0 Å². The summed E-state index contributed by atoms with van der Waals surface area (Å²) in [4.78, 5) is 28.4. The van der Waals surface area contributed by atoms with Gasteiger partial charge in [0.05, 0.1) is 13.2 Å². The van der Waals surface area contributed by atoms with Gasteiger partial charge in [0.2, 0.25) is 0 Å². The summed E-state index contributed by atoms with van der Waals surface area (Å²) in [6.07, 6.45) is 2.45. The van der Waals surface area contributed by atoms with Crippen molar-refractivity contribution in [3.05, 3.63) is 24.3 Å². The van der Waals surface area contributed by atoms with Gasteiger partial charge < -0.3 is 20.3 Å². The molecule has 2 heterocycles. The molecule has 2 saturated heterocycles. The lowest BCUT2D eigenvalue weighted by Crippen LogP contribution is -2.43. The summed E-state index contributed by atoms with van der Waals surface area (Å²) in [6, 6.07) is 7.65. The van der Waals surface area contributed by atoms with Gasteiger partial charge >= 0.3 is 11.8 Å². The zero-order valence-corrected chi connectivity index (χ0v) is 14.5. The molecule has 0 aromatic heterocycles. The predicted octanol–water partition coefficient (Wildman–Crippen LogP) is 0.674. The highest BCUT2D eigenvalue weighted by Gasteiger charge is 2.16. The molecule has 0 bridgehead atoms. The van der Waals surface area contributed by atoms with Crippen molar-refractivity contribution in [1.82, 2.24) is 10.2 Å². The minimum Gasteiger partial charge on any atom is -0.379 e. The van der Waals surface area contributed by atoms with E-state index in [9.17, 15) is 9.59 Å². The molecule has 2 fully saturated rings. The molecule has 1 aromatic carbocycles. The van der Waals surface area contributed by atoms with Crippen molar-refractivity contribution < 1.29 is 14.3 Å². The van der Waals surface area contributed by atoms with E-state index in [1.54, 1.807) is 0 Å². The number of benzene rings is 1. The SMILES string of the molecule is O=C(NCCN1CCOCC1)C(=O)Nc1ccc(N2CCCC2)cc1. The third kappa shape index (κ3) is 5.17. The van der Waals surface area contributed by atoms with Crippen molar-refractivity contribution in [3.8, 4) is 0 Å². The first-order chi connectivity index (χ1) is 12.2. The van der Waals surface area contributed by atoms with Gasteiger partial charge in [-0.3, -0.25) is 14.5 Å². The van der Waals surface area contributed by atoms with Crippen LogP contribution in [0.25, 0.3) is 0 Å². The number of hydrogen-bond donors (Lipinski definition) is 2. The van der Waals surface area contributed by atoms with Gasteiger partial charge in [-0.05, 0) is 37.1 Å². The summed E-state index contributed by atoms with van der Waals surface area (Å²) in [7, 11) is 0. The lowest BCUT2D eigenvalue weighted by Gasteiger charge is -2.26. The van der Waals surface area contributed by atoms with Crippen molar-refractivity contribution in [1.29, 1.82) is 0 Å². The first-order valence-electron chi connectivity index (χ1n) is 8.97. The quantitative estimate of drug-likeness (QED) is 0.767. The smallest absolute Gasteiger partial charge is 0.313 e. The third-order valence-corrected chi connectivity index (χ3v) is 4.62. The monoisotopic (exact) mass is 346 g/mol. The third-order valence-electron chi connectivity index (χ3n) is 4.62. The Labute approximate surface area is 148 Å². The Kier molecular flexibility index (Phi) is 6.25. The van der Waals surface area contributed by atoms with Crippen LogP contribution in [0, 0.1) is 0 Å². The Morgan fingerprint density at radius 2 is 1.64 bits per heavy atom. The molecule has 0 aliphatic carbocycles. The maximum Gasteiger partial charge on any atom is 0.313 e. The molecule has 1 aromatic rings. The molecule has 7 heteroatoms. The van der Waals surface area contributed by atoms with E-state index >= 15 is 0 Å². The van der Waals surface area contributed by atoms with Gasteiger partial charge in [0.15, 0.2) is 0 Å². The second-order valence-corrected chi connectivity index (χ2v) is 6.41. The number of morpholine rings is 1. The molecular formula is C18H26N4O3. The topological polar surface area (TPSA) is 73.9 Å². The van der Waals surface area contributed by atoms with Gasteiger partial charge in [-0.2, -0.15) is 0 Å². The number of nitrogens with zero attached hydrogens (tertiary/aromatic N) is 2. The van der Waals surface area contributed by atoms with Crippen LogP contribution in [0.5, 0.6) is 0 Å². The number of rotatable bonds is 5. The van der Waals surface area contributed by atoms with Gasteiger partial charge in [-0.15, -0.1) is 0 Å². The van der Waals surface area contributed by atoms with Gasteiger partial charge in [-0.1, -0.05) is 0 Å². The van der Waals surface area contributed by atoms with E-state index in [0.717, 1.165) is 51.6 Å². The average molecular weight is 346 g/mol. The molecule has 7 nitrogen and oxygen atoms in total. The number of carbonyl (C=O) groups excluding carboxylic acids is 2. The lowest BCUT2D eigenvalue weighted by molar-refractivity contribution is -0.136. The summed E-state index contributed by atoms with van der Waals surface area (Å²) < 4.78 is 5.28. The minimum atomic E-state index is -0.629. The van der Waals surface area contributed by atoms with Crippen molar-refractivity contribution >= 4 is 23.2 Å². The second kappa shape index (κ2) is 8.82. The highest BCUT2D eigenvalue weighted by Crippen LogP contribution is 2.21. The van der Waals surface area contributed by atoms with Gasteiger partial charge in [0, 0.05) is 50.6 Å². The van der Waals surface area contributed by atoms with Crippen LogP contribution in [0.4, 0.5) is 11.4 Å². The van der Waals surface area contributed by atoms with Crippen molar-refractivity contribution in [2.24, 2.45) is 0 Å². The maximum atomic E-state index is 12.0. The van der Waals surface area contributed by atoms with Crippen LogP contribution in [0.1, 0.15) is 12.8 Å². The fourth-order valence-corrected chi connectivity index (χ4v) is 3.15. The fraction of sp³-hybridized carbons (Fsp3) is 0.556. The molecule has 2 aliphatic rings. The lowest BCUT2D eigenvalue weighted by atomic mass is 10.2. The van der Waals surface area contributed by atoms with Crippen LogP contribution in [0.15, 0.2) is 24.3 Å². The molecule has 2 amide bonds. The van der Waals surface area contributed by atoms with Crippen molar-refractivity contribution in [2.75, 3.05) is 62.7 Å². The van der Waals surface area contributed by atoms with E-state index in [4.69, 9.17) is 4.74 Å². The van der Waals surface area contributed by atoms with E-state index in [2.05, 4.69) is 20.4 Å². The Morgan fingerprint density at radius 3 is 2.32 bits per heavy atom. The van der Waals surface area contributed by atoms with Crippen molar-refractivity contribution in [2.45, 2.75) is 12.8 Å². The van der Waals surface area contributed by atoms with Crippen LogP contribution >= 0.6 is 0 Å². The first-order valence-corrected chi connectivity index (χ1v) is 8.97. The molecule has 25 heavy (non-hydrogen) atoms. The fourth-order valence-electron chi connectivity index (χ4n) is 3.15. The highest BCUT2D eigenvalue weighted by atomic mass is 16.5. The standard InChI is InChI=1S/C18H26N4O3/c23-17(19-7-10-21-11-13-25-14-12-21)18(24)20-15-3-5-16(6-4-15)22-8-1-2-9-22/h3-6H,1-2,7-14H2,(H,19,23)(H,20,24). The van der Waals surface area contributed by atoms with E-state index < -0.39 is 11.8 Å². The zero-order chi connectivity index (χ0) is 17.5. The van der Waals surface area contributed by atoms with E-state index in [0.29, 0.717) is 12.2 Å². The Balaban J connectivity index is 1.40. The second-order valence-electron chi connectivity index (χ2n) is 6.41. The molecule has 0 spiro atoms. The number of ether oxygens (including phenoxy) is 1. The minimum absolute atomic E-state index is 0.458. The van der Waals surface area contributed by atoms with Gasteiger partial charge in [0.25, 0.3) is 0 Å². The molecule has 3 rings (SSSR count). The van der Waals surface area contributed by atoms with E-state index in [1.165, 1.54) is 12.8 Å². The van der Waals surface area contributed by atoms with Crippen LogP contribution < -0.4 is 15.5 Å². The summed E-state index contributed by atoms with van der Waals surface area (Å²) in [5.41, 5.74) is 1.79. The molecule has 0 radical (unpaired) electrons. The maximum absolute atomic E-state index is 12.0. The van der Waals surface area contributed by atoms with E-state index in [1.807, 2.05) is 24.3 Å². The van der Waals surface area contributed by atoms with Crippen LogP contribution in [0.3, 0.4) is 0 Å². The summed E-state index contributed by atoms with van der Waals surface area (Å²) in [6.45, 7) is 6.53. The van der Waals surface area contributed by atoms with Gasteiger partial charge in [0.1, 0.15) is 0 Å². The molecule has 2 aliphatic heterocycles. The van der Waals surface area contributed by atoms with Gasteiger partial charge in [-0.25, -0.2) is 0 Å². The zero-order valence-electron chi connectivity index (χ0n) is 14.5. The first kappa shape index (κ1) is 17.7. The molecule has 0 atom stereocenters. The molecule has 2 N–H and O–H groups in total. The molecular weight excluding hydrogens is 320 g/mol.